The molecule has 0 aromatic carbocycles. The highest BCUT2D eigenvalue weighted by atomic mass is 31.2. The third kappa shape index (κ3) is 49.8. The fourth-order valence-electron chi connectivity index (χ4n) is 7.53. The van der Waals surface area contributed by atoms with Crippen molar-refractivity contribution < 1.29 is 43.0 Å². The average molecular weight is 925 g/mol. The fourth-order valence-corrected chi connectivity index (χ4v) is 8.32. The summed E-state index contributed by atoms with van der Waals surface area (Å²) in [6, 6.07) is 0. The number of hydrogen-bond acceptors (Lipinski definition) is 8. The number of aliphatic hydroxyl groups is 2. The zero-order valence-electron chi connectivity index (χ0n) is 41.5. The molecule has 0 aliphatic rings. The molecular formula is C54H101O9P. The Bertz CT molecular complexity index is 1140. The van der Waals surface area contributed by atoms with Crippen molar-refractivity contribution in [2.75, 3.05) is 33.0 Å². The molecule has 0 fully saturated rings. The first-order chi connectivity index (χ1) is 31.3. The third-order valence-electron chi connectivity index (χ3n) is 11.5. The number of hydrogen-bond donors (Lipinski definition) is 3. The van der Waals surface area contributed by atoms with Gasteiger partial charge in [0.25, 0.3) is 0 Å². The van der Waals surface area contributed by atoms with Crippen LogP contribution in [0.5, 0.6) is 0 Å². The predicted octanol–water partition coefficient (Wildman–Crippen LogP) is 15.7. The van der Waals surface area contributed by atoms with Crippen LogP contribution in [0.15, 0.2) is 48.6 Å². The number of carbonyl (C=O) groups is 1. The highest BCUT2D eigenvalue weighted by molar-refractivity contribution is 7.47. The molecule has 376 valence electrons. The van der Waals surface area contributed by atoms with E-state index in [2.05, 4.69) is 62.5 Å². The van der Waals surface area contributed by atoms with Crippen LogP contribution < -0.4 is 0 Å². The highest BCUT2D eigenvalue weighted by Gasteiger charge is 2.26. The van der Waals surface area contributed by atoms with Gasteiger partial charge in [0.2, 0.25) is 0 Å². The Morgan fingerprint density at radius 2 is 0.891 bits per heavy atom. The summed E-state index contributed by atoms with van der Waals surface area (Å²) in [7, 11) is -4.53. The second-order valence-corrected chi connectivity index (χ2v) is 19.3. The molecule has 3 unspecified atom stereocenters. The summed E-state index contributed by atoms with van der Waals surface area (Å²) in [4.78, 5) is 22.7. The van der Waals surface area contributed by atoms with Gasteiger partial charge in [-0.2, -0.15) is 0 Å². The zero-order valence-corrected chi connectivity index (χ0v) is 42.4. The minimum Gasteiger partial charge on any atom is -0.457 e. The molecule has 0 bridgehead atoms. The molecule has 0 rings (SSSR count). The molecule has 0 aliphatic carbocycles. The van der Waals surface area contributed by atoms with Crippen molar-refractivity contribution in [3.8, 4) is 0 Å². The summed E-state index contributed by atoms with van der Waals surface area (Å²) in [5.74, 6) is -0.393. The summed E-state index contributed by atoms with van der Waals surface area (Å²) >= 11 is 0. The van der Waals surface area contributed by atoms with E-state index in [1.165, 1.54) is 141 Å². The lowest BCUT2D eigenvalue weighted by molar-refractivity contribution is -0.154. The van der Waals surface area contributed by atoms with Gasteiger partial charge in [-0.15, -0.1) is 0 Å². The van der Waals surface area contributed by atoms with E-state index in [1.54, 1.807) is 0 Å². The van der Waals surface area contributed by atoms with E-state index in [9.17, 15) is 19.4 Å². The minimum atomic E-state index is -4.53. The summed E-state index contributed by atoms with van der Waals surface area (Å²) < 4.78 is 33.6. The molecule has 9 nitrogen and oxygen atoms in total. The molecule has 0 aliphatic heterocycles. The Morgan fingerprint density at radius 3 is 1.34 bits per heavy atom. The number of rotatable bonds is 51. The van der Waals surface area contributed by atoms with E-state index >= 15 is 0 Å². The van der Waals surface area contributed by atoms with E-state index in [-0.39, 0.29) is 19.6 Å². The summed E-state index contributed by atoms with van der Waals surface area (Å²) in [5.41, 5.74) is 0. The normalized spacial score (nSPS) is 14.1. The van der Waals surface area contributed by atoms with Gasteiger partial charge < -0.3 is 24.6 Å². The Hall–Kier alpha value is -1.58. The Labute approximate surface area is 394 Å². The molecule has 64 heavy (non-hydrogen) atoms. The van der Waals surface area contributed by atoms with Gasteiger partial charge in [0, 0.05) is 13.0 Å². The Kier molecular flexibility index (Phi) is 49.6. The number of unbranched alkanes of at least 4 members (excludes halogenated alkanes) is 29. The van der Waals surface area contributed by atoms with Gasteiger partial charge in [-0.3, -0.25) is 13.8 Å². The van der Waals surface area contributed by atoms with Crippen LogP contribution in [0.25, 0.3) is 0 Å². The molecule has 0 aromatic heterocycles. The van der Waals surface area contributed by atoms with E-state index in [4.69, 9.17) is 23.6 Å². The van der Waals surface area contributed by atoms with Crippen LogP contribution in [0.4, 0.5) is 0 Å². The van der Waals surface area contributed by atoms with Crippen LogP contribution in [-0.2, 0) is 27.9 Å². The van der Waals surface area contributed by atoms with Crippen LogP contribution in [0.1, 0.15) is 245 Å². The lowest BCUT2D eigenvalue weighted by Crippen LogP contribution is -2.29. The van der Waals surface area contributed by atoms with Crippen molar-refractivity contribution in [2.24, 2.45) is 0 Å². The lowest BCUT2D eigenvalue weighted by atomic mass is 10.0. The average Bonchev–Trinajstić information content (AvgIpc) is 3.29. The monoisotopic (exact) mass is 925 g/mol. The van der Waals surface area contributed by atoms with Crippen molar-refractivity contribution in [3.63, 3.8) is 0 Å². The number of esters is 1. The van der Waals surface area contributed by atoms with Gasteiger partial charge in [-0.05, 0) is 51.4 Å². The van der Waals surface area contributed by atoms with Gasteiger partial charge in [0.05, 0.1) is 26.4 Å². The first-order valence-corrected chi connectivity index (χ1v) is 28.1. The maximum atomic E-state index is 12.7. The van der Waals surface area contributed by atoms with Crippen molar-refractivity contribution in [1.82, 2.24) is 0 Å². The van der Waals surface area contributed by atoms with Crippen LogP contribution >= 0.6 is 7.82 Å². The molecule has 0 heterocycles. The van der Waals surface area contributed by atoms with Crippen molar-refractivity contribution in [3.05, 3.63) is 48.6 Å². The second kappa shape index (κ2) is 50.8. The Balaban J connectivity index is 4.03. The first kappa shape index (κ1) is 62.4. The SMILES string of the molecule is CC/C=C\C/C=C\C/C=C\C/C=C\CCCCCCCCC(=O)OC(COCCCCCCCCCCCCCCCCCCCCCCCCCC)COP(=O)(O)OCC(O)CO. The number of aliphatic hydroxyl groups excluding tert-OH is 2. The van der Waals surface area contributed by atoms with Gasteiger partial charge in [-0.25, -0.2) is 4.57 Å². The first-order valence-electron chi connectivity index (χ1n) is 26.6. The van der Waals surface area contributed by atoms with Crippen molar-refractivity contribution in [2.45, 2.75) is 257 Å². The number of phosphoric ester groups is 1. The standard InChI is InChI=1S/C54H101O9P/c1-3-5-7-9-11-13-15-17-19-21-23-24-25-26-27-29-31-33-35-37-39-41-43-45-47-60-50-53(51-62-64(58,59)61-49-52(56)48-55)63-54(57)46-44-42-40-38-36-34-32-30-28-22-20-18-16-14-12-10-8-6-4-2/h6,8,12,14,18,20,28,30,52-53,55-56H,3-5,7,9-11,13,15-17,19,21-27,29,31-51H2,1-2H3,(H,58,59)/b8-6-,14-12-,20-18-,30-28-. The number of carbonyl (C=O) groups excluding carboxylic acids is 1. The van der Waals surface area contributed by atoms with Gasteiger partial charge >= 0.3 is 13.8 Å². The summed E-state index contributed by atoms with van der Waals surface area (Å²) in [6.07, 6.45) is 59.4. The van der Waals surface area contributed by atoms with Gasteiger partial charge in [0.1, 0.15) is 12.2 Å². The fraction of sp³-hybridized carbons (Fsp3) is 0.833. The van der Waals surface area contributed by atoms with Gasteiger partial charge in [0.15, 0.2) is 0 Å². The maximum absolute atomic E-state index is 12.7. The number of phosphoric acid groups is 1. The molecule has 0 radical (unpaired) electrons. The van der Waals surface area contributed by atoms with Crippen LogP contribution in [0.2, 0.25) is 0 Å². The van der Waals surface area contributed by atoms with Crippen molar-refractivity contribution >= 4 is 13.8 Å². The predicted molar refractivity (Wildman–Crippen MR) is 270 cm³/mol. The lowest BCUT2D eigenvalue weighted by Gasteiger charge is -2.20. The molecule has 0 aromatic rings. The highest BCUT2D eigenvalue weighted by Crippen LogP contribution is 2.43. The minimum absolute atomic E-state index is 0.0453. The summed E-state index contributed by atoms with van der Waals surface area (Å²) in [6.45, 7) is 3.43. The van der Waals surface area contributed by atoms with E-state index in [1.807, 2.05) is 0 Å². The smallest absolute Gasteiger partial charge is 0.457 e. The maximum Gasteiger partial charge on any atom is 0.472 e. The van der Waals surface area contributed by atoms with Crippen molar-refractivity contribution in [1.29, 1.82) is 0 Å². The van der Waals surface area contributed by atoms with E-state index < -0.39 is 39.2 Å². The summed E-state index contributed by atoms with van der Waals surface area (Å²) in [5, 5.41) is 18.4. The van der Waals surface area contributed by atoms with E-state index in [0.29, 0.717) is 13.0 Å². The van der Waals surface area contributed by atoms with Gasteiger partial charge in [-0.1, -0.05) is 236 Å². The molecule has 0 spiro atoms. The van der Waals surface area contributed by atoms with Crippen LogP contribution in [0.3, 0.4) is 0 Å². The van der Waals surface area contributed by atoms with E-state index in [0.717, 1.165) is 77.0 Å². The topological polar surface area (TPSA) is 132 Å². The third-order valence-corrected chi connectivity index (χ3v) is 12.5. The van der Waals surface area contributed by atoms with Crippen LogP contribution in [0, 0.1) is 0 Å². The number of ether oxygens (including phenoxy) is 2. The molecule has 0 saturated heterocycles. The number of allylic oxidation sites excluding steroid dienone is 8. The van der Waals surface area contributed by atoms with Crippen LogP contribution in [-0.4, -0.2) is 66.3 Å². The molecule has 0 saturated carbocycles. The molecular weight excluding hydrogens is 824 g/mol. The molecule has 0 amide bonds. The second-order valence-electron chi connectivity index (χ2n) is 17.9. The largest absolute Gasteiger partial charge is 0.472 e. The zero-order chi connectivity index (χ0) is 46.7. The quantitative estimate of drug-likeness (QED) is 0.0236. The molecule has 10 heteroatoms. The Morgan fingerprint density at radius 1 is 0.500 bits per heavy atom. The molecule has 3 N–H and O–H groups in total. The molecule has 3 atom stereocenters.